The van der Waals surface area contributed by atoms with Crippen LogP contribution in [0.4, 0.5) is 0 Å². The van der Waals surface area contributed by atoms with E-state index in [9.17, 15) is 9.59 Å². The fourth-order valence-corrected chi connectivity index (χ4v) is 4.34. The molecule has 0 bridgehead atoms. The summed E-state index contributed by atoms with van der Waals surface area (Å²) < 4.78 is 11.5. The lowest BCUT2D eigenvalue weighted by atomic mass is 9.99. The molecule has 2 amide bonds. The third-order valence-electron chi connectivity index (χ3n) is 5.48. The van der Waals surface area contributed by atoms with Gasteiger partial charge >= 0.3 is 0 Å². The zero-order chi connectivity index (χ0) is 23.0. The Kier molecular flexibility index (Phi) is 7.56. The molecule has 9 nitrogen and oxygen atoms in total. The molecule has 3 aromatic rings. The lowest BCUT2D eigenvalue weighted by molar-refractivity contribution is -0.118. The highest BCUT2D eigenvalue weighted by Gasteiger charge is 2.21. The maximum Gasteiger partial charge on any atom is 0.263 e. The zero-order valence-corrected chi connectivity index (χ0v) is 19.0. The van der Waals surface area contributed by atoms with E-state index in [4.69, 9.17) is 15.2 Å². The van der Waals surface area contributed by atoms with Crippen LogP contribution in [0, 0.1) is 0 Å². The zero-order valence-electron chi connectivity index (χ0n) is 18.2. The van der Waals surface area contributed by atoms with Gasteiger partial charge in [-0.1, -0.05) is 18.9 Å². The van der Waals surface area contributed by atoms with Gasteiger partial charge in [-0.15, -0.1) is 11.3 Å². The van der Waals surface area contributed by atoms with Crippen LogP contribution >= 0.6 is 11.3 Å². The van der Waals surface area contributed by atoms with Gasteiger partial charge in [-0.2, -0.15) is 0 Å². The Labute approximate surface area is 195 Å². The normalized spacial score (nSPS) is 13.5. The first-order valence-electron chi connectivity index (χ1n) is 11.0. The van der Waals surface area contributed by atoms with Crippen LogP contribution in [0.3, 0.4) is 0 Å². The number of carbonyl (C=O) groups excluding carboxylic acids is 2. The Morgan fingerprint density at radius 1 is 1.18 bits per heavy atom. The SMILES string of the molecule is NC(=O)CCCCCC(CNC(=O)c1cncs1)c1ncc(-c2cccc3c2OCCO3)[nH]1. The van der Waals surface area contributed by atoms with E-state index in [1.165, 1.54) is 11.3 Å². The Hall–Kier alpha value is -3.40. The molecule has 174 valence electrons. The summed E-state index contributed by atoms with van der Waals surface area (Å²) in [5.74, 6) is 1.78. The van der Waals surface area contributed by atoms with Crippen molar-refractivity contribution in [3.05, 3.63) is 46.8 Å². The maximum atomic E-state index is 12.4. The highest BCUT2D eigenvalue weighted by molar-refractivity contribution is 7.11. The molecule has 1 aliphatic heterocycles. The number of aromatic amines is 1. The van der Waals surface area contributed by atoms with Crippen LogP contribution in [0.25, 0.3) is 11.3 Å². The Morgan fingerprint density at radius 3 is 2.88 bits per heavy atom. The number of amides is 2. The summed E-state index contributed by atoms with van der Waals surface area (Å²) in [5.41, 5.74) is 8.59. The molecule has 2 aromatic heterocycles. The number of para-hydroxylation sites is 1. The van der Waals surface area contributed by atoms with Crippen molar-refractivity contribution in [2.24, 2.45) is 5.73 Å². The van der Waals surface area contributed by atoms with Crippen molar-refractivity contribution in [1.82, 2.24) is 20.3 Å². The van der Waals surface area contributed by atoms with Gasteiger partial charge in [0.15, 0.2) is 11.5 Å². The monoisotopic (exact) mass is 469 g/mol. The molecule has 10 heteroatoms. The standard InChI is InChI=1S/C23H27N5O4S/c24-20(29)8-3-1-2-5-15(11-27-23(30)19-13-25-14-33-19)22-26-12-17(28-22)16-6-4-7-18-21(16)32-10-9-31-18/h4,6-7,12-15H,1-3,5,8-11H2,(H2,24,29)(H,26,28)(H,27,30). The molecule has 0 fully saturated rings. The molecule has 0 saturated heterocycles. The number of unbranched alkanes of at least 4 members (excludes halogenated alkanes) is 2. The van der Waals surface area contributed by atoms with Crippen molar-refractivity contribution in [1.29, 1.82) is 0 Å². The van der Waals surface area contributed by atoms with Gasteiger partial charge in [-0.25, -0.2) is 4.98 Å². The number of ether oxygens (including phenoxy) is 2. The van der Waals surface area contributed by atoms with Crippen LogP contribution in [0.5, 0.6) is 11.5 Å². The predicted molar refractivity (Wildman–Crippen MR) is 124 cm³/mol. The molecule has 0 aliphatic carbocycles. The van der Waals surface area contributed by atoms with Gasteiger partial charge in [0.2, 0.25) is 5.91 Å². The van der Waals surface area contributed by atoms with E-state index in [-0.39, 0.29) is 17.7 Å². The summed E-state index contributed by atoms with van der Waals surface area (Å²) in [6.45, 7) is 1.47. The number of fused-ring (bicyclic) bond motifs is 1. The van der Waals surface area contributed by atoms with E-state index < -0.39 is 0 Å². The van der Waals surface area contributed by atoms with Gasteiger partial charge in [0.25, 0.3) is 5.91 Å². The fourth-order valence-electron chi connectivity index (χ4n) is 3.80. The molecule has 4 N–H and O–H groups in total. The summed E-state index contributed by atoms with van der Waals surface area (Å²) in [4.78, 5) is 36.0. The minimum Gasteiger partial charge on any atom is -0.486 e. The van der Waals surface area contributed by atoms with Gasteiger partial charge in [0.05, 0.1) is 23.6 Å². The molecular formula is C23H27N5O4S. The van der Waals surface area contributed by atoms with Crippen LogP contribution in [0.15, 0.2) is 36.1 Å². The molecule has 4 rings (SSSR count). The molecule has 0 saturated carbocycles. The topological polar surface area (TPSA) is 132 Å². The van der Waals surface area contributed by atoms with Crippen molar-refractivity contribution in [2.75, 3.05) is 19.8 Å². The van der Waals surface area contributed by atoms with Gasteiger partial charge in [0, 0.05) is 24.4 Å². The molecule has 3 heterocycles. The molecule has 1 aliphatic rings. The van der Waals surface area contributed by atoms with Crippen LogP contribution in [-0.4, -0.2) is 46.5 Å². The number of aromatic nitrogens is 3. The molecular weight excluding hydrogens is 442 g/mol. The average molecular weight is 470 g/mol. The Morgan fingerprint density at radius 2 is 2.06 bits per heavy atom. The van der Waals surface area contributed by atoms with Crippen LogP contribution in [0.1, 0.15) is 53.5 Å². The molecule has 1 unspecified atom stereocenters. The number of primary amides is 1. The number of H-pyrrole nitrogens is 1. The smallest absolute Gasteiger partial charge is 0.263 e. The number of nitrogens with one attached hydrogen (secondary N) is 2. The van der Waals surface area contributed by atoms with E-state index in [1.807, 2.05) is 18.2 Å². The minimum absolute atomic E-state index is 0.0130. The molecule has 0 radical (unpaired) electrons. The van der Waals surface area contributed by atoms with Crippen LogP contribution < -0.4 is 20.5 Å². The van der Waals surface area contributed by atoms with E-state index in [0.717, 1.165) is 48.5 Å². The molecule has 1 atom stereocenters. The number of carbonyl (C=O) groups is 2. The number of imidazole rings is 1. The van der Waals surface area contributed by atoms with Crippen molar-refractivity contribution >= 4 is 23.2 Å². The quantitative estimate of drug-likeness (QED) is 0.369. The molecule has 1 aromatic carbocycles. The number of thiazole rings is 1. The highest BCUT2D eigenvalue weighted by Crippen LogP contribution is 2.39. The number of nitrogens with two attached hydrogens (primary N) is 1. The number of nitrogens with zero attached hydrogens (tertiary/aromatic N) is 2. The van der Waals surface area contributed by atoms with Gasteiger partial charge in [-0.05, 0) is 25.0 Å². The van der Waals surface area contributed by atoms with Gasteiger partial charge < -0.3 is 25.5 Å². The first-order valence-corrected chi connectivity index (χ1v) is 11.9. The average Bonchev–Trinajstić information content (AvgIpc) is 3.53. The highest BCUT2D eigenvalue weighted by atomic mass is 32.1. The van der Waals surface area contributed by atoms with Crippen molar-refractivity contribution in [3.63, 3.8) is 0 Å². The second-order valence-corrected chi connectivity index (χ2v) is 8.74. The summed E-state index contributed by atoms with van der Waals surface area (Å²) in [6, 6.07) is 5.78. The lowest BCUT2D eigenvalue weighted by Crippen LogP contribution is -2.28. The third kappa shape index (κ3) is 5.89. The number of hydrogen-bond donors (Lipinski definition) is 3. The Bertz CT molecular complexity index is 1080. The first kappa shape index (κ1) is 22.8. The summed E-state index contributed by atoms with van der Waals surface area (Å²) in [6.07, 6.45) is 7.07. The summed E-state index contributed by atoms with van der Waals surface area (Å²) >= 11 is 1.30. The predicted octanol–water partition coefficient (Wildman–Crippen LogP) is 3.25. The number of rotatable bonds is 11. The van der Waals surface area contributed by atoms with Crippen molar-refractivity contribution < 1.29 is 19.1 Å². The fraction of sp³-hybridized carbons (Fsp3) is 0.391. The van der Waals surface area contributed by atoms with Gasteiger partial charge in [-0.3, -0.25) is 14.6 Å². The Balaban J connectivity index is 1.47. The molecule has 0 spiro atoms. The lowest BCUT2D eigenvalue weighted by Gasteiger charge is -2.20. The number of hydrogen-bond acceptors (Lipinski definition) is 7. The third-order valence-corrected chi connectivity index (χ3v) is 6.25. The van der Waals surface area contributed by atoms with Gasteiger partial charge in [0.1, 0.15) is 23.9 Å². The van der Waals surface area contributed by atoms with E-state index >= 15 is 0 Å². The van der Waals surface area contributed by atoms with E-state index in [2.05, 4.69) is 20.3 Å². The minimum atomic E-state index is -0.281. The van der Waals surface area contributed by atoms with Crippen LogP contribution in [0.2, 0.25) is 0 Å². The maximum absolute atomic E-state index is 12.4. The van der Waals surface area contributed by atoms with E-state index in [0.29, 0.717) is 36.8 Å². The summed E-state index contributed by atoms with van der Waals surface area (Å²) in [5, 5.41) is 2.99. The second-order valence-electron chi connectivity index (χ2n) is 7.85. The second kappa shape index (κ2) is 11.0. The van der Waals surface area contributed by atoms with Crippen LogP contribution in [-0.2, 0) is 4.79 Å². The largest absolute Gasteiger partial charge is 0.486 e. The molecule has 33 heavy (non-hydrogen) atoms. The first-order chi connectivity index (χ1) is 16.1. The van der Waals surface area contributed by atoms with Crippen molar-refractivity contribution in [2.45, 2.75) is 38.0 Å². The van der Waals surface area contributed by atoms with E-state index in [1.54, 1.807) is 17.9 Å². The number of benzene rings is 1. The van der Waals surface area contributed by atoms with Crippen molar-refractivity contribution in [3.8, 4) is 22.8 Å². The summed E-state index contributed by atoms with van der Waals surface area (Å²) in [7, 11) is 0.